The number of carbonyl (C=O) groups excluding carboxylic acids is 1. The third-order valence-electron chi connectivity index (χ3n) is 3.10. The number of nitrogens with zero attached hydrogens (tertiary/aromatic N) is 2. The fourth-order valence-electron chi connectivity index (χ4n) is 2.03. The minimum Gasteiger partial charge on any atom is -0.467 e. The molecule has 5 nitrogen and oxygen atoms in total. The van der Waals surface area contributed by atoms with Crippen molar-refractivity contribution in [3.05, 3.63) is 58.8 Å². The molecule has 24 heavy (non-hydrogen) atoms. The average Bonchev–Trinajstić information content (AvgIpc) is 2.56. The summed E-state index contributed by atoms with van der Waals surface area (Å²) in [5.74, 6) is -1.81. The van der Waals surface area contributed by atoms with E-state index in [1.807, 2.05) is 6.07 Å². The lowest BCUT2D eigenvalue weighted by molar-refractivity contribution is -0.118. The Morgan fingerprint density at radius 2 is 2.00 bits per heavy atom. The number of carbonyl (C=O) groups is 1. The summed E-state index contributed by atoms with van der Waals surface area (Å²) in [6, 6.07) is 8.14. The van der Waals surface area contributed by atoms with Crippen LogP contribution < -0.4 is 10.1 Å². The van der Waals surface area contributed by atoms with Gasteiger partial charge in [-0.15, -0.1) is 0 Å². The van der Waals surface area contributed by atoms with Crippen molar-refractivity contribution in [2.24, 2.45) is 0 Å². The minimum absolute atomic E-state index is 0.219. The Bertz CT molecular complexity index is 921. The highest BCUT2D eigenvalue weighted by Crippen LogP contribution is 2.25. The number of anilines is 1. The molecule has 1 amide bonds. The van der Waals surface area contributed by atoms with Crippen molar-refractivity contribution >= 4 is 38.4 Å². The monoisotopic (exact) mass is 393 g/mol. The SMILES string of the molecule is O=C(COc1ncnc2ccc(Br)cc12)Nc1cc(F)ccc1F. The number of halogens is 3. The summed E-state index contributed by atoms with van der Waals surface area (Å²) in [7, 11) is 0. The first-order chi connectivity index (χ1) is 11.5. The van der Waals surface area contributed by atoms with Crippen LogP contribution in [0.25, 0.3) is 10.9 Å². The molecule has 0 bridgehead atoms. The number of ether oxygens (including phenoxy) is 1. The molecule has 0 atom stereocenters. The Hall–Kier alpha value is -2.61. The maximum atomic E-state index is 13.5. The Morgan fingerprint density at radius 3 is 2.83 bits per heavy atom. The van der Waals surface area contributed by atoms with E-state index in [0.717, 1.165) is 22.7 Å². The van der Waals surface area contributed by atoms with Crippen molar-refractivity contribution in [2.75, 3.05) is 11.9 Å². The van der Waals surface area contributed by atoms with Crippen molar-refractivity contribution in [1.29, 1.82) is 0 Å². The minimum atomic E-state index is -0.735. The van der Waals surface area contributed by atoms with Crippen LogP contribution in [0.1, 0.15) is 0 Å². The van der Waals surface area contributed by atoms with E-state index < -0.39 is 24.1 Å². The molecule has 0 spiro atoms. The van der Waals surface area contributed by atoms with Gasteiger partial charge in [0.25, 0.3) is 5.91 Å². The van der Waals surface area contributed by atoms with E-state index >= 15 is 0 Å². The molecule has 0 unspecified atom stereocenters. The first-order valence-corrected chi connectivity index (χ1v) is 7.60. The molecule has 0 aliphatic heterocycles. The topological polar surface area (TPSA) is 64.1 Å². The first kappa shape index (κ1) is 16.3. The van der Waals surface area contributed by atoms with Crippen LogP contribution in [0.5, 0.6) is 5.88 Å². The van der Waals surface area contributed by atoms with Gasteiger partial charge in [-0.05, 0) is 30.3 Å². The van der Waals surface area contributed by atoms with E-state index in [1.165, 1.54) is 6.33 Å². The summed E-state index contributed by atoms with van der Waals surface area (Å²) in [4.78, 5) is 20.0. The van der Waals surface area contributed by atoms with Gasteiger partial charge in [-0.25, -0.2) is 18.7 Å². The average molecular weight is 394 g/mol. The van der Waals surface area contributed by atoms with Crippen LogP contribution in [0.2, 0.25) is 0 Å². The van der Waals surface area contributed by atoms with E-state index in [0.29, 0.717) is 10.9 Å². The van der Waals surface area contributed by atoms with Gasteiger partial charge in [0.05, 0.1) is 16.6 Å². The Morgan fingerprint density at radius 1 is 1.17 bits per heavy atom. The summed E-state index contributed by atoms with van der Waals surface area (Å²) < 4.78 is 32.8. The first-order valence-electron chi connectivity index (χ1n) is 6.81. The maximum Gasteiger partial charge on any atom is 0.262 e. The lowest BCUT2D eigenvalue weighted by Crippen LogP contribution is -2.21. The highest BCUT2D eigenvalue weighted by molar-refractivity contribution is 9.10. The van der Waals surface area contributed by atoms with Crippen molar-refractivity contribution in [1.82, 2.24) is 9.97 Å². The Kier molecular flexibility index (Phi) is 4.66. The highest BCUT2D eigenvalue weighted by atomic mass is 79.9. The summed E-state index contributed by atoms with van der Waals surface area (Å²) >= 11 is 3.34. The number of hydrogen-bond acceptors (Lipinski definition) is 4. The summed E-state index contributed by atoms with van der Waals surface area (Å²) in [5, 5.41) is 2.87. The molecule has 0 aliphatic carbocycles. The molecule has 0 aliphatic rings. The largest absolute Gasteiger partial charge is 0.467 e. The van der Waals surface area contributed by atoms with Gasteiger partial charge in [-0.3, -0.25) is 4.79 Å². The Labute approximate surface area is 143 Å². The quantitative estimate of drug-likeness (QED) is 0.733. The van der Waals surface area contributed by atoms with E-state index in [1.54, 1.807) is 12.1 Å². The van der Waals surface area contributed by atoms with Gasteiger partial charge in [0.15, 0.2) is 6.61 Å². The van der Waals surface area contributed by atoms with Gasteiger partial charge >= 0.3 is 0 Å². The summed E-state index contributed by atoms with van der Waals surface area (Å²) in [6.07, 6.45) is 1.32. The lowest BCUT2D eigenvalue weighted by atomic mass is 10.2. The van der Waals surface area contributed by atoms with Gasteiger partial charge in [0.1, 0.15) is 18.0 Å². The molecule has 3 aromatic rings. The number of hydrogen-bond donors (Lipinski definition) is 1. The van der Waals surface area contributed by atoms with Gasteiger partial charge in [0, 0.05) is 10.5 Å². The molecule has 0 radical (unpaired) electrons. The number of amides is 1. The van der Waals surface area contributed by atoms with Crippen LogP contribution in [-0.4, -0.2) is 22.5 Å². The molecule has 1 heterocycles. The molecule has 2 aromatic carbocycles. The second-order valence-electron chi connectivity index (χ2n) is 4.80. The molecule has 3 rings (SSSR count). The molecule has 1 aromatic heterocycles. The van der Waals surface area contributed by atoms with Crippen LogP contribution >= 0.6 is 15.9 Å². The van der Waals surface area contributed by atoms with Gasteiger partial charge in [0.2, 0.25) is 5.88 Å². The second-order valence-corrected chi connectivity index (χ2v) is 5.72. The van der Waals surface area contributed by atoms with Crippen LogP contribution in [0, 0.1) is 11.6 Å². The zero-order valence-electron chi connectivity index (χ0n) is 12.1. The molecule has 122 valence electrons. The predicted octanol–water partition coefficient (Wildman–Crippen LogP) is 3.69. The normalized spacial score (nSPS) is 10.6. The maximum absolute atomic E-state index is 13.5. The third kappa shape index (κ3) is 3.65. The van der Waals surface area contributed by atoms with Crippen molar-refractivity contribution in [3.8, 4) is 5.88 Å². The van der Waals surface area contributed by atoms with E-state index in [2.05, 4.69) is 31.2 Å². The van der Waals surface area contributed by atoms with Gasteiger partial charge in [-0.1, -0.05) is 15.9 Å². The number of rotatable bonds is 4. The molecule has 0 saturated carbocycles. The smallest absolute Gasteiger partial charge is 0.262 e. The molecule has 0 saturated heterocycles. The predicted molar refractivity (Wildman–Crippen MR) is 87.7 cm³/mol. The van der Waals surface area contributed by atoms with Crippen molar-refractivity contribution in [3.63, 3.8) is 0 Å². The number of aromatic nitrogens is 2. The number of fused-ring (bicyclic) bond motifs is 1. The lowest BCUT2D eigenvalue weighted by Gasteiger charge is -2.09. The van der Waals surface area contributed by atoms with Crippen LogP contribution in [-0.2, 0) is 4.79 Å². The van der Waals surface area contributed by atoms with Crippen LogP contribution in [0.4, 0.5) is 14.5 Å². The molecule has 1 N–H and O–H groups in total. The zero-order valence-corrected chi connectivity index (χ0v) is 13.7. The standard InChI is InChI=1S/C16H10BrF2N3O2/c17-9-1-4-13-11(5-9)16(21-8-20-13)24-7-15(23)22-14-6-10(18)2-3-12(14)19/h1-6,8H,7H2,(H,22,23). The second kappa shape index (κ2) is 6.88. The van der Waals surface area contributed by atoms with E-state index in [4.69, 9.17) is 4.74 Å². The van der Waals surface area contributed by atoms with Crippen LogP contribution in [0.15, 0.2) is 47.2 Å². The molecule has 8 heteroatoms. The van der Waals surface area contributed by atoms with Gasteiger partial charge in [-0.2, -0.15) is 0 Å². The third-order valence-corrected chi connectivity index (χ3v) is 3.60. The summed E-state index contributed by atoms with van der Waals surface area (Å²) in [5.41, 5.74) is 0.402. The van der Waals surface area contributed by atoms with Gasteiger partial charge < -0.3 is 10.1 Å². The van der Waals surface area contributed by atoms with E-state index in [9.17, 15) is 13.6 Å². The van der Waals surface area contributed by atoms with Crippen LogP contribution in [0.3, 0.4) is 0 Å². The molecular formula is C16H10BrF2N3O2. The van der Waals surface area contributed by atoms with Crippen molar-refractivity contribution < 1.29 is 18.3 Å². The van der Waals surface area contributed by atoms with Crippen molar-refractivity contribution in [2.45, 2.75) is 0 Å². The fraction of sp³-hybridized carbons (Fsp3) is 0.0625. The number of benzene rings is 2. The summed E-state index contributed by atoms with van der Waals surface area (Å²) in [6.45, 7) is -0.408. The molecule has 0 fully saturated rings. The van der Waals surface area contributed by atoms with E-state index in [-0.39, 0.29) is 11.6 Å². The Balaban J connectivity index is 1.73. The number of nitrogens with one attached hydrogen (secondary N) is 1. The highest BCUT2D eigenvalue weighted by Gasteiger charge is 2.11. The zero-order chi connectivity index (χ0) is 17.1. The molecular weight excluding hydrogens is 384 g/mol. The fourth-order valence-corrected chi connectivity index (χ4v) is 2.39.